The number of nitro benzene ring substituents is 1. The van der Waals surface area contributed by atoms with Crippen LogP contribution in [0.15, 0.2) is 18.2 Å². The average Bonchev–Trinajstić information content (AvgIpc) is 2.46. The van der Waals surface area contributed by atoms with Gasteiger partial charge < -0.3 is 14.6 Å². The van der Waals surface area contributed by atoms with Crippen molar-refractivity contribution in [2.24, 2.45) is 0 Å². The Morgan fingerprint density at radius 3 is 2.68 bits per heavy atom. The number of hydrogen-bond acceptors (Lipinski definition) is 6. The summed E-state index contributed by atoms with van der Waals surface area (Å²) in [6, 6.07) is 4.33. The van der Waals surface area contributed by atoms with Gasteiger partial charge in [0.1, 0.15) is 12.4 Å². The van der Waals surface area contributed by atoms with Crippen LogP contribution in [0.1, 0.15) is 13.3 Å². The number of carboxylic acid groups (broad SMARTS) is 1. The number of benzene rings is 1. The van der Waals surface area contributed by atoms with Crippen LogP contribution < -0.4 is 9.47 Å². The molecule has 0 amide bonds. The summed E-state index contributed by atoms with van der Waals surface area (Å²) >= 11 is 0. The summed E-state index contributed by atoms with van der Waals surface area (Å²) in [5.41, 5.74) is -0.181. The average molecular weight is 312 g/mol. The smallest absolute Gasteiger partial charge is 0.317 e. The number of carbonyl (C=O) groups is 1. The van der Waals surface area contributed by atoms with E-state index in [1.54, 1.807) is 11.0 Å². The van der Waals surface area contributed by atoms with Gasteiger partial charge in [0, 0.05) is 6.54 Å². The first-order chi connectivity index (χ1) is 10.5. The fraction of sp³-hybridized carbons (Fsp3) is 0.500. The zero-order valence-corrected chi connectivity index (χ0v) is 12.7. The number of rotatable bonds is 10. The van der Waals surface area contributed by atoms with Crippen LogP contribution in [0.4, 0.5) is 5.69 Å². The van der Waals surface area contributed by atoms with Crippen molar-refractivity contribution in [1.82, 2.24) is 4.90 Å². The topological polar surface area (TPSA) is 102 Å². The van der Waals surface area contributed by atoms with E-state index in [9.17, 15) is 14.9 Å². The maximum atomic E-state index is 11.0. The van der Waals surface area contributed by atoms with E-state index in [1.165, 1.54) is 19.2 Å². The molecular formula is C14H20N2O6. The Labute approximate surface area is 128 Å². The Morgan fingerprint density at radius 1 is 1.41 bits per heavy atom. The highest BCUT2D eigenvalue weighted by molar-refractivity contribution is 5.69. The van der Waals surface area contributed by atoms with Crippen LogP contribution in [0.5, 0.6) is 11.5 Å². The molecule has 0 saturated heterocycles. The van der Waals surface area contributed by atoms with Crippen LogP contribution in [0, 0.1) is 10.1 Å². The molecule has 22 heavy (non-hydrogen) atoms. The van der Waals surface area contributed by atoms with E-state index < -0.39 is 10.9 Å². The monoisotopic (exact) mass is 312 g/mol. The molecule has 0 aliphatic carbocycles. The normalized spacial score (nSPS) is 10.5. The van der Waals surface area contributed by atoms with Crippen LogP contribution in [-0.2, 0) is 4.79 Å². The van der Waals surface area contributed by atoms with Crippen molar-refractivity contribution in [1.29, 1.82) is 0 Å². The minimum Gasteiger partial charge on any atom is -0.496 e. The molecule has 0 spiro atoms. The molecule has 0 aromatic heterocycles. The zero-order chi connectivity index (χ0) is 16.5. The number of ether oxygens (including phenoxy) is 2. The molecule has 8 heteroatoms. The lowest BCUT2D eigenvalue weighted by molar-refractivity contribution is -0.385. The first-order valence-corrected chi connectivity index (χ1v) is 6.87. The van der Waals surface area contributed by atoms with Gasteiger partial charge in [-0.05, 0) is 25.1 Å². The summed E-state index contributed by atoms with van der Waals surface area (Å²) in [7, 11) is 1.42. The predicted octanol–water partition coefficient (Wildman–Crippen LogP) is 1.78. The molecule has 0 radical (unpaired) electrons. The largest absolute Gasteiger partial charge is 0.496 e. The van der Waals surface area contributed by atoms with Crippen molar-refractivity contribution >= 4 is 11.7 Å². The Morgan fingerprint density at radius 2 is 2.14 bits per heavy atom. The zero-order valence-electron chi connectivity index (χ0n) is 12.7. The van der Waals surface area contributed by atoms with Gasteiger partial charge in [0.15, 0.2) is 5.75 Å². The van der Waals surface area contributed by atoms with E-state index in [4.69, 9.17) is 14.6 Å². The maximum absolute atomic E-state index is 11.0. The number of carboxylic acids is 1. The van der Waals surface area contributed by atoms with E-state index in [1.807, 2.05) is 6.92 Å². The lowest BCUT2D eigenvalue weighted by atomic mass is 10.3. The highest BCUT2D eigenvalue weighted by atomic mass is 16.6. The summed E-state index contributed by atoms with van der Waals surface area (Å²) in [5.74, 6) is -0.404. The quantitative estimate of drug-likeness (QED) is 0.519. The molecule has 1 N–H and O–H groups in total. The van der Waals surface area contributed by atoms with Crippen molar-refractivity contribution in [2.45, 2.75) is 13.3 Å². The molecule has 0 fully saturated rings. The molecule has 1 aromatic rings. The molecule has 0 saturated carbocycles. The second-order valence-electron chi connectivity index (χ2n) is 4.61. The summed E-state index contributed by atoms with van der Waals surface area (Å²) in [6.45, 7) is 3.04. The standard InChI is InChI=1S/C14H20N2O6/c1-3-6-15(10-14(17)18)7-8-22-13-5-4-11(21-2)9-12(13)16(19)20/h4-5,9H,3,6-8,10H2,1-2H3,(H,17,18). The first-order valence-electron chi connectivity index (χ1n) is 6.87. The Kier molecular flexibility index (Phi) is 7.11. The molecule has 122 valence electrons. The number of methoxy groups -OCH3 is 1. The fourth-order valence-corrected chi connectivity index (χ4v) is 1.95. The summed E-state index contributed by atoms with van der Waals surface area (Å²) in [5, 5.41) is 19.8. The summed E-state index contributed by atoms with van der Waals surface area (Å²) in [4.78, 5) is 22.9. The second kappa shape index (κ2) is 8.83. The summed E-state index contributed by atoms with van der Waals surface area (Å²) < 4.78 is 10.4. The highest BCUT2D eigenvalue weighted by Gasteiger charge is 2.17. The number of hydrogen-bond donors (Lipinski definition) is 1. The van der Waals surface area contributed by atoms with Gasteiger partial charge in [0.2, 0.25) is 0 Å². The predicted molar refractivity (Wildman–Crippen MR) is 79.5 cm³/mol. The van der Waals surface area contributed by atoms with Crippen LogP contribution in [-0.4, -0.2) is 54.3 Å². The van der Waals surface area contributed by atoms with Gasteiger partial charge in [-0.3, -0.25) is 19.8 Å². The van der Waals surface area contributed by atoms with Crippen molar-refractivity contribution < 1.29 is 24.3 Å². The second-order valence-corrected chi connectivity index (χ2v) is 4.61. The van der Waals surface area contributed by atoms with Crippen LogP contribution >= 0.6 is 0 Å². The van der Waals surface area contributed by atoms with Gasteiger partial charge in [0.05, 0.1) is 24.6 Å². The van der Waals surface area contributed by atoms with Crippen molar-refractivity contribution in [3.63, 3.8) is 0 Å². The molecule has 0 unspecified atom stereocenters. The molecule has 0 atom stereocenters. The van der Waals surface area contributed by atoms with E-state index in [-0.39, 0.29) is 24.6 Å². The number of nitrogens with zero attached hydrogens (tertiary/aromatic N) is 2. The molecule has 0 heterocycles. The van der Waals surface area contributed by atoms with Gasteiger partial charge >= 0.3 is 11.7 Å². The van der Waals surface area contributed by atoms with Crippen molar-refractivity contribution in [3.8, 4) is 11.5 Å². The molecule has 8 nitrogen and oxygen atoms in total. The molecule has 0 aliphatic heterocycles. The third-order valence-corrected chi connectivity index (χ3v) is 2.93. The summed E-state index contributed by atoms with van der Waals surface area (Å²) in [6.07, 6.45) is 0.815. The van der Waals surface area contributed by atoms with E-state index in [0.29, 0.717) is 18.8 Å². The van der Waals surface area contributed by atoms with Gasteiger partial charge in [-0.1, -0.05) is 6.92 Å². The third-order valence-electron chi connectivity index (χ3n) is 2.93. The van der Waals surface area contributed by atoms with E-state index in [2.05, 4.69) is 0 Å². The minimum atomic E-state index is -0.913. The molecule has 1 rings (SSSR count). The molecule has 1 aromatic carbocycles. The first kappa shape index (κ1) is 17.7. The van der Waals surface area contributed by atoms with Crippen LogP contribution in [0.2, 0.25) is 0 Å². The Balaban J connectivity index is 2.66. The SMILES string of the molecule is CCCN(CCOc1ccc(OC)cc1[N+](=O)[O-])CC(=O)O. The van der Waals surface area contributed by atoms with Gasteiger partial charge in [0.25, 0.3) is 0 Å². The van der Waals surface area contributed by atoms with Gasteiger partial charge in [-0.2, -0.15) is 0 Å². The Bertz CT molecular complexity index is 520. The van der Waals surface area contributed by atoms with Gasteiger partial charge in [-0.15, -0.1) is 0 Å². The fourth-order valence-electron chi connectivity index (χ4n) is 1.95. The number of nitro groups is 1. The minimum absolute atomic E-state index is 0.0814. The van der Waals surface area contributed by atoms with Gasteiger partial charge in [-0.25, -0.2) is 0 Å². The highest BCUT2D eigenvalue weighted by Crippen LogP contribution is 2.30. The molecule has 0 bridgehead atoms. The Hall–Kier alpha value is -2.35. The number of aliphatic carboxylic acids is 1. The van der Waals surface area contributed by atoms with Crippen molar-refractivity contribution in [3.05, 3.63) is 28.3 Å². The van der Waals surface area contributed by atoms with E-state index >= 15 is 0 Å². The van der Waals surface area contributed by atoms with Crippen molar-refractivity contribution in [2.75, 3.05) is 33.4 Å². The maximum Gasteiger partial charge on any atom is 0.317 e. The van der Waals surface area contributed by atoms with Crippen LogP contribution in [0.25, 0.3) is 0 Å². The van der Waals surface area contributed by atoms with Crippen LogP contribution in [0.3, 0.4) is 0 Å². The lowest BCUT2D eigenvalue weighted by Gasteiger charge is -2.19. The van der Waals surface area contributed by atoms with E-state index in [0.717, 1.165) is 6.42 Å². The molecule has 0 aliphatic rings. The third kappa shape index (κ3) is 5.57. The molecular weight excluding hydrogens is 292 g/mol. The lowest BCUT2D eigenvalue weighted by Crippen LogP contribution is -2.34.